The summed E-state index contributed by atoms with van der Waals surface area (Å²) in [4.78, 5) is 11.1. The van der Waals surface area contributed by atoms with E-state index in [0.29, 0.717) is 6.07 Å². The lowest BCUT2D eigenvalue weighted by molar-refractivity contribution is -0.274. The maximum atomic E-state index is 13.0. The lowest BCUT2D eigenvalue weighted by Crippen LogP contribution is -2.18. The number of nitrogens with one attached hydrogen (secondary N) is 1. The van der Waals surface area contributed by atoms with Gasteiger partial charge in [-0.25, -0.2) is 4.39 Å². The SMILES string of the molecule is NC(=O)c1n[nH]nc1-c1ccc(F)cc1OC(F)(F)F. The van der Waals surface area contributed by atoms with Crippen LogP contribution in [0.15, 0.2) is 18.2 Å². The molecule has 0 fully saturated rings. The van der Waals surface area contributed by atoms with Gasteiger partial charge < -0.3 is 10.5 Å². The maximum Gasteiger partial charge on any atom is 0.573 e. The molecule has 0 saturated heterocycles. The number of aromatic nitrogens is 3. The number of carbonyl (C=O) groups excluding carboxylic acids is 1. The van der Waals surface area contributed by atoms with Gasteiger partial charge in [0.25, 0.3) is 5.91 Å². The summed E-state index contributed by atoms with van der Waals surface area (Å²) >= 11 is 0. The molecule has 0 spiro atoms. The molecule has 0 saturated carbocycles. The maximum absolute atomic E-state index is 13.0. The molecular formula is C10H6F4N4O2. The number of carbonyl (C=O) groups is 1. The van der Waals surface area contributed by atoms with Gasteiger partial charge in [0.2, 0.25) is 0 Å². The first-order chi connectivity index (χ1) is 9.28. The Bertz CT molecular complexity index is 653. The Morgan fingerprint density at radius 2 is 2.00 bits per heavy atom. The van der Waals surface area contributed by atoms with Gasteiger partial charge in [0.15, 0.2) is 5.69 Å². The topological polar surface area (TPSA) is 93.9 Å². The van der Waals surface area contributed by atoms with Crippen LogP contribution in [0.1, 0.15) is 10.5 Å². The van der Waals surface area contributed by atoms with Crippen molar-refractivity contribution in [3.05, 3.63) is 29.7 Å². The monoisotopic (exact) mass is 290 g/mol. The number of nitrogens with two attached hydrogens (primary N) is 1. The van der Waals surface area contributed by atoms with E-state index < -0.39 is 23.8 Å². The van der Waals surface area contributed by atoms with Crippen LogP contribution < -0.4 is 10.5 Å². The van der Waals surface area contributed by atoms with Crippen LogP contribution in [0.5, 0.6) is 5.75 Å². The molecule has 0 atom stereocenters. The molecule has 0 radical (unpaired) electrons. The fourth-order valence-corrected chi connectivity index (χ4v) is 1.49. The average Bonchev–Trinajstić information content (AvgIpc) is 2.75. The first-order valence-electron chi connectivity index (χ1n) is 5.04. The van der Waals surface area contributed by atoms with Gasteiger partial charge in [0, 0.05) is 11.6 Å². The highest BCUT2D eigenvalue weighted by molar-refractivity contribution is 5.97. The van der Waals surface area contributed by atoms with Crippen molar-refractivity contribution in [2.75, 3.05) is 0 Å². The smallest absolute Gasteiger partial charge is 0.405 e. The summed E-state index contributed by atoms with van der Waals surface area (Å²) in [6.07, 6.45) is -5.03. The van der Waals surface area contributed by atoms with Gasteiger partial charge in [-0.2, -0.15) is 15.4 Å². The summed E-state index contributed by atoms with van der Waals surface area (Å²) in [5, 5.41) is 8.98. The van der Waals surface area contributed by atoms with Crippen molar-refractivity contribution in [2.45, 2.75) is 6.36 Å². The second-order valence-electron chi connectivity index (χ2n) is 3.57. The lowest BCUT2D eigenvalue weighted by atomic mass is 10.1. The van der Waals surface area contributed by atoms with E-state index >= 15 is 0 Å². The highest BCUT2D eigenvalue weighted by Gasteiger charge is 2.33. The van der Waals surface area contributed by atoms with E-state index in [1.54, 1.807) is 0 Å². The van der Waals surface area contributed by atoms with Crippen molar-refractivity contribution < 1.29 is 27.1 Å². The second-order valence-corrected chi connectivity index (χ2v) is 3.57. The summed E-state index contributed by atoms with van der Waals surface area (Å²) in [6.45, 7) is 0. The summed E-state index contributed by atoms with van der Waals surface area (Å²) in [5.41, 5.74) is 4.08. The van der Waals surface area contributed by atoms with E-state index in [2.05, 4.69) is 20.1 Å². The Labute approximate surface area is 108 Å². The summed E-state index contributed by atoms with van der Waals surface area (Å²) in [5.74, 6) is -2.80. The van der Waals surface area contributed by atoms with Gasteiger partial charge >= 0.3 is 6.36 Å². The molecule has 1 heterocycles. The zero-order valence-corrected chi connectivity index (χ0v) is 9.53. The van der Waals surface area contributed by atoms with Gasteiger partial charge in [0.1, 0.15) is 17.3 Å². The highest BCUT2D eigenvalue weighted by Crippen LogP contribution is 2.34. The fraction of sp³-hybridized carbons (Fsp3) is 0.100. The normalized spacial score (nSPS) is 11.4. The Morgan fingerprint density at radius 3 is 2.60 bits per heavy atom. The van der Waals surface area contributed by atoms with Gasteiger partial charge in [-0.05, 0) is 12.1 Å². The second kappa shape index (κ2) is 4.79. The molecule has 0 aliphatic rings. The van der Waals surface area contributed by atoms with Crippen LogP contribution in [0, 0.1) is 5.82 Å². The summed E-state index contributed by atoms with van der Waals surface area (Å²) in [6, 6.07) is 2.38. The molecule has 0 unspecified atom stereocenters. The van der Waals surface area contributed by atoms with Gasteiger partial charge in [-0.15, -0.1) is 13.2 Å². The van der Waals surface area contributed by atoms with Crippen LogP contribution in [-0.2, 0) is 0 Å². The third-order valence-corrected chi connectivity index (χ3v) is 2.21. The van der Waals surface area contributed by atoms with E-state index in [0.717, 1.165) is 12.1 Å². The van der Waals surface area contributed by atoms with E-state index in [9.17, 15) is 22.4 Å². The fourth-order valence-electron chi connectivity index (χ4n) is 1.49. The van der Waals surface area contributed by atoms with Crippen LogP contribution in [-0.4, -0.2) is 27.7 Å². The first-order valence-corrected chi connectivity index (χ1v) is 5.04. The minimum absolute atomic E-state index is 0.267. The number of hydrogen-bond acceptors (Lipinski definition) is 4. The Kier molecular flexibility index (Phi) is 3.30. The Balaban J connectivity index is 2.56. The number of ether oxygens (including phenoxy) is 1. The van der Waals surface area contributed by atoms with Crippen LogP contribution in [0.4, 0.5) is 17.6 Å². The van der Waals surface area contributed by atoms with Gasteiger partial charge in [0.05, 0.1) is 0 Å². The number of nitrogens with zero attached hydrogens (tertiary/aromatic N) is 2. The van der Waals surface area contributed by atoms with E-state index in [1.807, 2.05) is 0 Å². The molecule has 2 aromatic rings. The number of alkyl halides is 3. The zero-order chi connectivity index (χ0) is 14.9. The predicted octanol–water partition coefficient (Wildman–Crippen LogP) is 1.61. The van der Waals surface area contributed by atoms with E-state index in [1.165, 1.54) is 0 Å². The molecule has 1 aromatic carbocycles. The number of amides is 1. The van der Waals surface area contributed by atoms with Crippen LogP contribution in [0.3, 0.4) is 0 Å². The third kappa shape index (κ3) is 2.84. The van der Waals surface area contributed by atoms with Crippen molar-refractivity contribution in [1.82, 2.24) is 15.4 Å². The number of H-pyrrole nitrogens is 1. The summed E-state index contributed by atoms with van der Waals surface area (Å²) in [7, 11) is 0. The molecule has 1 aromatic heterocycles. The molecule has 0 bridgehead atoms. The lowest BCUT2D eigenvalue weighted by Gasteiger charge is -2.12. The highest BCUT2D eigenvalue weighted by atomic mass is 19.4. The molecule has 0 aliphatic heterocycles. The van der Waals surface area contributed by atoms with Gasteiger partial charge in [-0.3, -0.25) is 4.79 Å². The number of benzene rings is 1. The summed E-state index contributed by atoms with van der Waals surface area (Å²) < 4.78 is 53.6. The minimum atomic E-state index is -5.03. The van der Waals surface area contributed by atoms with E-state index in [-0.39, 0.29) is 17.0 Å². The van der Waals surface area contributed by atoms with Crippen LogP contribution in [0.2, 0.25) is 0 Å². The number of hydrogen-bond donors (Lipinski definition) is 2. The van der Waals surface area contributed by atoms with Crippen molar-refractivity contribution in [2.24, 2.45) is 5.73 Å². The molecule has 2 rings (SSSR count). The molecule has 106 valence electrons. The molecular weight excluding hydrogens is 284 g/mol. The number of rotatable bonds is 3. The quantitative estimate of drug-likeness (QED) is 0.840. The molecule has 0 aliphatic carbocycles. The average molecular weight is 290 g/mol. The first kappa shape index (κ1) is 13.8. The molecule has 1 amide bonds. The molecule has 20 heavy (non-hydrogen) atoms. The largest absolute Gasteiger partial charge is 0.573 e. The molecule has 10 heteroatoms. The number of halogens is 4. The number of aromatic amines is 1. The van der Waals surface area contributed by atoms with Crippen molar-refractivity contribution >= 4 is 5.91 Å². The van der Waals surface area contributed by atoms with Gasteiger partial charge in [-0.1, -0.05) is 0 Å². The van der Waals surface area contributed by atoms with Crippen molar-refractivity contribution in [1.29, 1.82) is 0 Å². The minimum Gasteiger partial charge on any atom is -0.405 e. The van der Waals surface area contributed by atoms with Crippen LogP contribution in [0.25, 0.3) is 11.3 Å². The van der Waals surface area contributed by atoms with Crippen LogP contribution >= 0.6 is 0 Å². The zero-order valence-electron chi connectivity index (χ0n) is 9.53. The van der Waals surface area contributed by atoms with E-state index in [4.69, 9.17) is 5.73 Å². The number of primary amides is 1. The molecule has 3 N–H and O–H groups in total. The van der Waals surface area contributed by atoms with Crippen molar-refractivity contribution in [3.8, 4) is 17.0 Å². The standard InChI is InChI=1S/C10H6F4N4O2/c11-4-1-2-5(6(3-4)20-10(12,13)14)7-8(9(15)19)17-18-16-7/h1-3H,(H2,15,19)(H,16,17,18). The molecule has 6 nitrogen and oxygen atoms in total. The Morgan fingerprint density at radius 1 is 1.30 bits per heavy atom. The van der Waals surface area contributed by atoms with Crippen molar-refractivity contribution in [3.63, 3.8) is 0 Å². The Hall–Kier alpha value is -2.65. The predicted molar refractivity (Wildman–Crippen MR) is 57.0 cm³/mol. The third-order valence-electron chi connectivity index (χ3n) is 2.21.